The summed E-state index contributed by atoms with van der Waals surface area (Å²) in [7, 11) is 0. The first-order valence-corrected chi connectivity index (χ1v) is 6.30. The van der Waals surface area contributed by atoms with Gasteiger partial charge in [0.25, 0.3) is 5.91 Å². The van der Waals surface area contributed by atoms with Gasteiger partial charge in [0, 0.05) is 24.7 Å². The van der Waals surface area contributed by atoms with E-state index in [-0.39, 0.29) is 18.6 Å². The summed E-state index contributed by atoms with van der Waals surface area (Å²) in [4.78, 5) is 13.7. The molecule has 0 aliphatic heterocycles. The Morgan fingerprint density at radius 1 is 1.39 bits per heavy atom. The number of amides is 1. The molecule has 0 bridgehead atoms. The molecular formula is C14H22N2O2. The maximum absolute atomic E-state index is 12.0. The average molecular weight is 250 g/mol. The first-order chi connectivity index (χ1) is 8.60. The molecule has 0 radical (unpaired) electrons. The molecule has 1 aromatic rings. The van der Waals surface area contributed by atoms with Gasteiger partial charge in [0.05, 0.1) is 0 Å². The summed E-state index contributed by atoms with van der Waals surface area (Å²) in [5.74, 6) is 0.687. The van der Waals surface area contributed by atoms with Crippen LogP contribution in [0.2, 0.25) is 0 Å². The molecule has 0 heterocycles. The molecule has 2 N–H and O–H groups in total. The van der Waals surface area contributed by atoms with E-state index in [0.29, 0.717) is 18.8 Å². The summed E-state index contributed by atoms with van der Waals surface area (Å²) in [5.41, 5.74) is 6.53. The molecule has 4 heteroatoms. The van der Waals surface area contributed by atoms with Crippen molar-refractivity contribution in [2.75, 3.05) is 13.2 Å². The van der Waals surface area contributed by atoms with E-state index in [1.807, 2.05) is 45.0 Å². The van der Waals surface area contributed by atoms with Crippen LogP contribution in [0.15, 0.2) is 24.3 Å². The van der Waals surface area contributed by atoms with Crippen LogP contribution >= 0.6 is 0 Å². The van der Waals surface area contributed by atoms with Crippen molar-refractivity contribution in [1.29, 1.82) is 0 Å². The fraction of sp³-hybridized carbons (Fsp3) is 0.500. The molecule has 0 spiro atoms. The second kappa shape index (κ2) is 7.01. The van der Waals surface area contributed by atoms with E-state index >= 15 is 0 Å². The van der Waals surface area contributed by atoms with E-state index in [1.54, 1.807) is 4.90 Å². The van der Waals surface area contributed by atoms with Crippen molar-refractivity contribution in [3.63, 3.8) is 0 Å². The van der Waals surface area contributed by atoms with Gasteiger partial charge in [-0.1, -0.05) is 18.2 Å². The number of carbonyl (C=O) groups is 1. The van der Waals surface area contributed by atoms with Crippen LogP contribution < -0.4 is 10.5 Å². The molecule has 100 valence electrons. The summed E-state index contributed by atoms with van der Waals surface area (Å²) < 4.78 is 5.55. The number of benzene rings is 1. The third-order valence-electron chi connectivity index (χ3n) is 2.83. The van der Waals surface area contributed by atoms with E-state index < -0.39 is 0 Å². The Balaban J connectivity index is 2.62. The molecule has 0 saturated carbocycles. The van der Waals surface area contributed by atoms with Gasteiger partial charge in [-0.3, -0.25) is 4.79 Å². The molecule has 0 aliphatic rings. The Kier molecular flexibility index (Phi) is 5.65. The van der Waals surface area contributed by atoms with Crippen molar-refractivity contribution in [3.8, 4) is 5.75 Å². The Bertz CT molecular complexity index is 391. The minimum absolute atomic E-state index is 0.000625. The third kappa shape index (κ3) is 3.74. The van der Waals surface area contributed by atoms with E-state index in [2.05, 4.69) is 0 Å². The summed E-state index contributed by atoms with van der Waals surface area (Å²) in [6.07, 6.45) is 0. The van der Waals surface area contributed by atoms with Crippen LogP contribution in [0.25, 0.3) is 0 Å². The molecule has 0 aromatic heterocycles. The Labute approximate surface area is 109 Å². The van der Waals surface area contributed by atoms with Gasteiger partial charge >= 0.3 is 0 Å². The van der Waals surface area contributed by atoms with E-state index in [9.17, 15) is 4.79 Å². The van der Waals surface area contributed by atoms with Crippen LogP contribution in [0, 0.1) is 0 Å². The van der Waals surface area contributed by atoms with Crippen molar-refractivity contribution in [2.45, 2.75) is 33.4 Å². The minimum Gasteiger partial charge on any atom is -0.483 e. The number of carbonyl (C=O) groups excluding carboxylic acids is 1. The van der Waals surface area contributed by atoms with Crippen molar-refractivity contribution in [3.05, 3.63) is 29.8 Å². The predicted octanol–water partition coefficient (Wildman–Crippen LogP) is 1.78. The number of likely N-dealkylation sites (N-methyl/N-ethyl adjacent to an activating group) is 1. The van der Waals surface area contributed by atoms with Gasteiger partial charge in [-0.15, -0.1) is 0 Å². The average Bonchev–Trinajstić information content (AvgIpc) is 2.37. The first kappa shape index (κ1) is 14.5. The van der Waals surface area contributed by atoms with Crippen LogP contribution in [0.3, 0.4) is 0 Å². The van der Waals surface area contributed by atoms with Crippen LogP contribution in [0.4, 0.5) is 0 Å². The van der Waals surface area contributed by atoms with Crippen LogP contribution in [-0.4, -0.2) is 30.0 Å². The van der Waals surface area contributed by atoms with Gasteiger partial charge in [-0.25, -0.2) is 0 Å². The number of nitrogens with two attached hydrogens (primary N) is 1. The number of nitrogens with zero attached hydrogens (tertiary/aromatic N) is 1. The number of ether oxygens (including phenoxy) is 1. The van der Waals surface area contributed by atoms with E-state index in [1.165, 1.54) is 0 Å². The highest BCUT2D eigenvalue weighted by atomic mass is 16.5. The number of hydrogen-bond acceptors (Lipinski definition) is 3. The first-order valence-electron chi connectivity index (χ1n) is 6.30. The molecule has 18 heavy (non-hydrogen) atoms. The highest BCUT2D eigenvalue weighted by Crippen LogP contribution is 2.17. The van der Waals surface area contributed by atoms with Crippen LogP contribution in [-0.2, 0) is 11.3 Å². The molecule has 0 aliphatic carbocycles. The number of rotatable bonds is 6. The molecule has 4 nitrogen and oxygen atoms in total. The van der Waals surface area contributed by atoms with E-state index in [0.717, 1.165) is 5.56 Å². The maximum atomic E-state index is 12.0. The fourth-order valence-corrected chi connectivity index (χ4v) is 1.87. The molecule has 0 fully saturated rings. The summed E-state index contributed by atoms with van der Waals surface area (Å²) in [6.45, 7) is 7.11. The zero-order chi connectivity index (χ0) is 13.5. The minimum atomic E-state index is -0.000625. The SMILES string of the molecule is CCN(C(=O)COc1ccccc1CN)C(C)C. The lowest BCUT2D eigenvalue weighted by molar-refractivity contribution is -0.134. The quantitative estimate of drug-likeness (QED) is 0.837. The summed E-state index contributed by atoms with van der Waals surface area (Å²) >= 11 is 0. The van der Waals surface area contributed by atoms with Crippen molar-refractivity contribution in [2.24, 2.45) is 5.73 Å². The Hall–Kier alpha value is -1.55. The monoisotopic (exact) mass is 250 g/mol. The Morgan fingerprint density at radius 3 is 2.61 bits per heavy atom. The second-order valence-corrected chi connectivity index (χ2v) is 4.37. The molecule has 0 unspecified atom stereocenters. The molecule has 1 rings (SSSR count). The standard InChI is InChI=1S/C14H22N2O2/c1-4-16(11(2)3)14(17)10-18-13-8-6-5-7-12(13)9-15/h5-8,11H,4,9-10,15H2,1-3H3. The summed E-state index contributed by atoms with van der Waals surface area (Å²) in [6, 6.07) is 7.71. The van der Waals surface area contributed by atoms with Gasteiger partial charge in [-0.2, -0.15) is 0 Å². The van der Waals surface area contributed by atoms with E-state index in [4.69, 9.17) is 10.5 Å². The molecule has 0 atom stereocenters. The van der Waals surface area contributed by atoms with Crippen molar-refractivity contribution in [1.82, 2.24) is 4.90 Å². The maximum Gasteiger partial charge on any atom is 0.260 e. The predicted molar refractivity (Wildman–Crippen MR) is 72.4 cm³/mol. The number of hydrogen-bond donors (Lipinski definition) is 1. The molecule has 0 saturated heterocycles. The van der Waals surface area contributed by atoms with Gasteiger partial charge < -0.3 is 15.4 Å². The fourth-order valence-electron chi connectivity index (χ4n) is 1.87. The van der Waals surface area contributed by atoms with Crippen LogP contribution in [0.1, 0.15) is 26.3 Å². The highest BCUT2D eigenvalue weighted by Gasteiger charge is 2.15. The lowest BCUT2D eigenvalue weighted by Crippen LogP contribution is -2.39. The molecule has 1 aromatic carbocycles. The highest BCUT2D eigenvalue weighted by molar-refractivity contribution is 5.78. The largest absolute Gasteiger partial charge is 0.483 e. The number of para-hydroxylation sites is 1. The lowest BCUT2D eigenvalue weighted by Gasteiger charge is -2.25. The molecule has 1 amide bonds. The van der Waals surface area contributed by atoms with Gasteiger partial charge in [0.2, 0.25) is 0 Å². The van der Waals surface area contributed by atoms with Crippen molar-refractivity contribution >= 4 is 5.91 Å². The van der Waals surface area contributed by atoms with Crippen LogP contribution in [0.5, 0.6) is 5.75 Å². The zero-order valence-electron chi connectivity index (χ0n) is 11.3. The van der Waals surface area contributed by atoms with Gasteiger partial charge in [0.1, 0.15) is 5.75 Å². The smallest absolute Gasteiger partial charge is 0.260 e. The third-order valence-corrected chi connectivity index (χ3v) is 2.83. The van der Waals surface area contributed by atoms with Gasteiger partial charge in [0.15, 0.2) is 6.61 Å². The second-order valence-electron chi connectivity index (χ2n) is 4.37. The van der Waals surface area contributed by atoms with Gasteiger partial charge in [-0.05, 0) is 26.8 Å². The molecular weight excluding hydrogens is 228 g/mol. The van der Waals surface area contributed by atoms with Crippen molar-refractivity contribution < 1.29 is 9.53 Å². The lowest BCUT2D eigenvalue weighted by atomic mass is 10.2. The normalized spacial score (nSPS) is 10.5. The topological polar surface area (TPSA) is 55.6 Å². The Morgan fingerprint density at radius 2 is 2.06 bits per heavy atom. The zero-order valence-corrected chi connectivity index (χ0v) is 11.3. The summed E-state index contributed by atoms with van der Waals surface area (Å²) in [5, 5.41) is 0.